The minimum atomic E-state index is -0.120. The monoisotopic (exact) mass is 379 g/mol. The topological polar surface area (TPSA) is 90.5 Å². The number of aromatic nitrogens is 6. The van der Waals surface area contributed by atoms with Gasteiger partial charge in [0.25, 0.3) is 0 Å². The van der Waals surface area contributed by atoms with E-state index in [1.165, 1.54) is 18.1 Å². The minimum absolute atomic E-state index is 0.120. The summed E-state index contributed by atoms with van der Waals surface area (Å²) in [6, 6.07) is 11.6. The Balaban J connectivity index is 1.52. The van der Waals surface area contributed by atoms with Gasteiger partial charge in [0, 0.05) is 13.1 Å². The lowest BCUT2D eigenvalue weighted by Gasteiger charge is -2.06. The molecule has 0 unspecified atom stereocenters. The molecule has 8 nitrogen and oxygen atoms in total. The Labute approximate surface area is 159 Å². The summed E-state index contributed by atoms with van der Waals surface area (Å²) in [5.41, 5.74) is 2.49. The first-order chi connectivity index (χ1) is 13.1. The Morgan fingerprint density at radius 1 is 1.22 bits per heavy atom. The van der Waals surface area contributed by atoms with Gasteiger partial charge in [-0.2, -0.15) is 10.2 Å². The minimum Gasteiger partial charge on any atom is -0.310 e. The summed E-state index contributed by atoms with van der Waals surface area (Å²) in [6.07, 6.45) is 3.22. The average molecular weight is 379 g/mol. The molecule has 27 heavy (non-hydrogen) atoms. The zero-order valence-corrected chi connectivity index (χ0v) is 15.6. The number of hydrogen-bond donors (Lipinski definition) is 1. The molecule has 0 aliphatic carbocycles. The molecule has 1 amide bonds. The van der Waals surface area contributed by atoms with Crippen LogP contribution in [0.4, 0.5) is 5.82 Å². The fourth-order valence-corrected chi connectivity index (χ4v) is 3.50. The SMILES string of the molecule is Cc1cc(NC(=O)CSc2ncnc3c2cnn3-c2ccccc2)n(C)n1. The van der Waals surface area contributed by atoms with Crippen LogP contribution >= 0.6 is 11.8 Å². The number of hydrogen-bond acceptors (Lipinski definition) is 6. The molecule has 4 rings (SSSR count). The second-order valence-electron chi connectivity index (χ2n) is 5.94. The van der Waals surface area contributed by atoms with Crippen LogP contribution in [0.5, 0.6) is 0 Å². The van der Waals surface area contributed by atoms with E-state index in [0.29, 0.717) is 11.5 Å². The summed E-state index contributed by atoms with van der Waals surface area (Å²) in [6.45, 7) is 1.88. The third-order valence-electron chi connectivity index (χ3n) is 3.94. The van der Waals surface area contributed by atoms with E-state index < -0.39 is 0 Å². The Hall–Kier alpha value is -3.20. The zero-order valence-electron chi connectivity index (χ0n) is 14.8. The first-order valence-corrected chi connectivity index (χ1v) is 9.28. The molecule has 0 radical (unpaired) electrons. The third kappa shape index (κ3) is 3.54. The van der Waals surface area contributed by atoms with E-state index in [1.807, 2.05) is 43.3 Å². The van der Waals surface area contributed by atoms with Crippen molar-refractivity contribution < 1.29 is 4.79 Å². The van der Waals surface area contributed by atoms with Crippen molar-refractivity contribution >= 4 is 34.5 Å². The predicted molar refractivity (Wildman–Crippen MR) is 104 cm³/mol. The number of fused-ring (bicyclic) bond motifs is 1. The molecule has 9 heteroatoms. The van der Waals surface area contributed by atoms with Crippen molar-refractivity contribution in [2.75, 3.05) is 11.1 Å². The van der Waals surface area contributed by atoms with E-state index >= 15 is 0 Å². The molecule has 0 fully saturated rings. The number of anilines is 1. The second-order valence-corrected chi connectivity index (χ2v) is 6.90. The van der Waals surface area contributed by atoms with Gasteiger partial charge < -0.3 is 5.32 Å². The lowest BCUT2D eigenvalue weighted by atomic mass is 10.3. The van der Waals surface area contributed by atoms with E-state index in [0.717, 1.165) is 21.8 Å². The number of thioether (sulfide) groups is 1. The quantitative estimate of drug-likeness (QED) is 0.423. The van der Waals surface area contributed by atoms with Gasteiger partial charge in [0.1, 0.15) is 17.2 Å². The van der Waals surface area contributed by atoms with Gasteiger partial charge >= 0.3 is 0 Å². The van der Waals surface area contributed by atoms with E-state index in [-0.39, 0.29) is 11.7 Å². The van der Waals surface area contributed by atoms with Crippen LogP contribution in [0.3, 0.4) is 0 Å². The number of nitrogens with zero attached hydrogens (tertiary/aromatic N) is 6. The van der Waals surface area contributed by atoms with Crippen molar-refractivity contribution in [3.63, 3.8) is 0 Å². The van der Waals surface area contributed by atoms with Crippen LogP contribution in [0.2, 0.25) is 0 Å². The number of nitrogens with one attached hydrogen (secondary N) is 1. The summed E-state index contributed by atoms with van der Waals surface area (Å²) in [4.78, 5) is 20.9. The van der Waals surface area contributed by atoms with E-state index in [2.05, 4.69) is 25.5 Å². The number of carbonyl (C=O) groups excluding carboxylic acids is 1. The van der Waals surface area contributed by atoms with Gasteiger partial charge in [-0.05, 0) is 19.1 Å². The van der Waals surface area contributed by atoms with E-state index in [9.17, 15) is 4.79 Å². The molecule has 3 aromatic heterocycles. The highest BCUT2D eigenvalue weighted by molar-refractivity contribution is 8.00. The van der Waals surface area contributed by atoms with Gasteiger partial charge in [-0.3, -0.25) is 9.48 Å². The van der Waals surface area contributed by atoms with Crippen molar-refractivity contribution in [1.82, 2.24) is 29.5 Å². The fourth-order valence-electron chi connectivity index (χ4n) is 2.74. The molecule has 0 spiro atoms. The van der Waals surface area contributed by atoms with E-state index in [1.54, 1.807) is 22.6 Å². The van der Waals surface area contributed by atoms with Crippen LogP contribution in [0.25, 0.3) is 16.7 Å². The van der Waals surface area contributed by atoms with Gasteiger partial charge in [-0.15, -0.1) is 0 Å². The maximum absolute atomic E-state index is 12.3. The number of aryl methyl sites for hydroxylation is 2. The number of carbonyl (C=O) groups is 1. The molecular weight excluding hydrogens is 362 g/mol. The Morgan fingerprint density at radius 3 is 2.78 bits per heavy atom. The van der Waals surface area contributed by atoms with Gasteiger partial charge in [-0.1, -0.05) is 30.0 Å². The molecule has 0 saturated heterocycles. The van der Waals surface area contributed by atoms with Crippen LogP contribution in [0.1, 0.15) is 5.69 Å². The summed E-state index contributed by atoms with van der Waals surface area (Å²) < 4.78 is 3.41. The molecule has 136 valence electrons. The lowest BCUT2D eigenvalue weighted by Crippen LogP contribution is -2.16. The largest absolute Gasteiger partial charge is 0.310 e. The van der Waals surface area contributed by atoms with Gasteiger partial charge in [0.2, 0.25) is 5.91 Å². The van der Waals surface area contributed by atoms with Gasteiger partial charge in [-0.25, -0.2) is 14.6 Å². The van der Waals surface area contributed by atoms with Crippen molar-refractivity contribution in [3.8, 4) is 5.69 Å². The zero-order chi connectivity index (χ0) is 18.8. The van der Waals surface area contributed by atoms with Crippen molar-refractivity contribution in [1.29, 1.82) is 0 Å². The number of amides is 1. The number of para-hydroxylation sites is 1. The van der Waals surface area contributed by atoms with Crippen LogP contribution in [-0.2, 0) is 11.8 Å². The summed E-state index contributed by atoms with van der Waals surface area (Å²) in [5.74, 6) is 0.778. The average Bonchev–Trinajstić information content (AvgIpc) is 3.24. The van der Waals surface area contributed by atoms with Crippen molar-refractivity contribution in [2.24, 2.45) is 7.05 Å². The van der Waals surface area contributed by atoms with Crippen molar-refractivity contribution in [2.45, 2.75) is 11.9 Å². The van der Waals surface area contributed by atoms with Gasteiger partial charge in [0.15, 0.2) is 5.65 Å². The molecule has 0 aliphatic rings. The standard InChI is InChI=1S/C18H17N7OS/c1-12-8-15(24(2)23-12)22-16(26)10-27-18-14-9-21-25(17(14)19-11-20-18)13-6-4-3-5-7-13/h3-9,11H,10H2,1-2H3,(H,22,26). The molecule has 3 heterocycles. The van der Waals surface area contributed by atoms with Crippen LogP contribution in [-0.4, -0.2) is 41.2 Å². The summed E-state index contributed by atoms with van der Waals surface area (Å²) >= 11 is 1.35. The van der Waals surface area contributed by atoms with E-state index in [4.69, 9.17) is 0 Å². The fraction of sp³-hybridized carbons (Fsp3) is 0.167. The number of rotatable bonds is 5. The normalized spacial score (nSPS) is 11.0. The molecule has 1 aromatic carbocycles. The van der Waals surface area contributed by atoms with Crippen LogP contribution in [0.15, 0.2) is 53.9 Å². The van der Waals surface area contributed by atoms with Gasteiger partial charge in [0.05, 0.1) is 28.7 Å². The molecule has 4 aromatic rings. The predicted octanol–water partition coefficient (Wildman–Crippen LogP) is 2.59. The summed E-state index contributed by atoms with van der Waals surface area (Å²) in [7, 11) is 1.79. The first-order valence-electron chi connectivity index (χ1n) is 8.29. The van der Waals surface area contributed by atoms with Crippen LogP contribution < -0.4 is 5.32 Å². The highest BCUT2D eigenvalue weighted by Gasteiger charge is 2.13. The Morgan fingerprint density at radius 2 is 2.04 bits per heavy atom. The summed E-state index contributed by atoms with van der Waals surface area (Å²) in [5, 5.41) is 13.0. The smallest absolute Gasteiger partial charge is 0.235 e. The molecule has 0 aliphatic heterocycles. The molecule has 0 saturated carbocycles. The lowest BCUT2D eigenvalue weighted by molar-refractivity contribution is -0.113. The Kier molecular flexibility index (Phi) is 4.59. The second kappa shape index (κ2) is 7.20. The Bertz CT molecular complexity index is 1100. The molecule has 1 N–H and O–H groups in total. The first kappa shape index (κ1) is 17.2. The molecular formula is C18H17N7OS. The molecule has 0 atom stereocenters. The van der Waals surface area contributed by atoms with Crippen molar-refractivity contribution in [3.05, 3.63) is 54.6 Å². The van der Waals surface area contributed by atoms with Crippen LogP contribution in [0, 0.1) is 6.92 Å². The molecule has 0 bridgehead atoms. The number of benzene rings is 1. The maximum Gasteiger partial charge on any atom is 0.235 e. The highest BCUT2D eigenvalue weighted by atomic mass is 32.2. The third-order valence-corrected chi connectivity index (χ3v) is 4.94. The highest BCUT2D eigenvalue weighted by Crippen LogP contribution is 2.25. The maximum atomic E-state index is 12.3.